The highest BCUT2D eigenvalue weighted by molar-refractivity contribution is 7.89. The van der Waals surface area contributed by atoms with Crippen LogP contribution < -0.4 is 10.0 Å². The van der Waals surface area contributed by atoms with Gasteiger partial charge >= 0.3 is 6.03 Å². The summed E-state index contributed by atoms with van der Waals surface area (Å²) in [5.74, 6) is -0.192. The molecule has 1 heterocycles. The van der Waals surface area contributed by atoms with Crippen LogP contribution in [0.4, 0.5) is 10.5 Å². The molecular formula is C23H29ClN4O4S. The number of sulfonamides is 1. The highest BCUT2D eigenvalue weighted by atomic mass is 35.5. The molecule has 2 aromatic carbocycles. The molecule has 3 amide bonds. The first-order chi connectivity index (χ1) is 15.4. The Hall–Kier alpha value is -2.62. The molecule has 0 unspecified atom stereocenters. The molecule has 10 heteroatoms. The van der Waals surface area contributed by atoms with Crippen LogP contribution >= 0.6 is 11.6 Å². The Labute approximate surface area is 200 Å². The van der Waals surface area contributed by atoms with Crippen molar-refractivity contribution in [2.24, 2.45) is 0 Å². The van der Waals surface area contributed by atoms with Crippen molar-refractivity contribution in [2.45, 2.75) is 37.6 Å². The van der Waals surface area contributed by atoms with E-state index in [0.29, 0.717) is 48.9 Å². The molecule has 0 aromatic heterocycles. The molecule has 1 aliphatic heterocycles. The van der Waals surface area contributed by atoms with Gasteiger partial charge in [0.2, 0.25) is 10.0 Å². The summed E-state index contributed by atoms with van der Waals surface area (Å²) in [6.45, 7) is 7.11. The third-order valence-corrected chi connectivity index (χ3v) is 7.04. The smallest absolute Gasteiger partial charge is 0.321 e. The fourth-order valence-electron chi connectivity index (χ4n) is 3.48. The predicted molar refractivity (Wildman–Crippen MR) is 129 cm³/mol. The van der Waals surface area contributed by atoms with E-state index in [1.54, 1.807) is 54.8 Å². The number of benzene rings is 2. The minimum Gasteiger partial charge on any atom is -0.337 e. The number of hydrogen-bond acceptors (Lipinski definition) is 4. The van der Waals surface area contributed by atoms with E-state index in [4.69, 9.17) is 11.6 Å². The average molecular weight is 493 g/mol. The van der Waals surface area contributed by atoms with Gasteiger partial charge in [-0.2, -0.15) is 0 Å². The summed E-state index contributed by atoms with van der Waals surface area (Å²) in [5, 5.41) is 3.43. The van der Waals surface area contributed by atoms with Gasteiger partial charge in [0.25, 0.3) is 5.91 Å². The van der Waals surface area contributed by atoms with Gasteiger partial charge in [0.1, 0.15) is 0 Å². The molecule has 0 saturated carbocycles. The third-order valence-electron chi connectivity index (χ3n) is 5.02. The van der Waals surface area contributed by atoms with Gasteiger partial charge in [0.05, 0.1) is 4.90 Å². The number of amides is 3. The number of urea groups is 1. The van der Waals surface area contributed by atoms with Crippen LogP contribution in [0.2, 0.25) is 5.02 Å². The summed E-state index contributed by atoms with van der Waals surface area (Å²) < 4.78 is 27.5. The van der Waals surface area contributed by atoms with Crippen molar-refractivity contribution in [2.75, 3.05) is 31.5 Å². The van der Waals surface area contributed by atoms with E-state index >= 15 is 0 Å². The third kappa shape index (κ3) is 6.93. The molecular weight excluding hydrogens is 464 g/mol. The summed E-state index contributed by atoms with van der Waals surface area (Å²) in [5.41, 5.74) is 0.451. The molecule has 33 heavy (non-hydrogen) atoms. The second-order valence-corrected chi connectivity index (χ2v) is 11.1. The molecule has 2 N–H and O–H groups in total. The number of carbonyl (C=O) groups is 2. The number of halogens is 1. The maximum Gasteiger partial charge on any atom is 0.321 e. The van der Waals surface area contributed by atoms with Crippen molar-refractivity contribution in [3.8, 4) is 0 Å². The molecule has 0 aliphatic carbocycles. The van der Waals surface area contributed by atoms with E-state index in [1.807, 2.05) is 0 Å². The highest BCUT2D eigenvalue weighted by Crippen LogP contribution is 2.17. The summed E-state index contributed by atoms with van der Waals surface area (Å²) in [6, 6.07) is 12.6. The molecule has 2 aromatic rings. The molecule has 0 bridgehead atoms. The first-order valence-electron chi connectivity index (χ1n) is 10.7. The fourth-order valence-corrected chi connectivity index (χ4v) is 5.03. The van der Waals surface area contributed by atoms with E-state index in [-0.39, 0.29) is 16.8 Å². The zero-order valence-corrected chi connectivity index (χ0v) is 20.5. The Morgan fingerprint density at radius 2 is 1.45 bits per heavy atom. The minimum atomic E-state index is -3.67. The number of nitrogens with one attached hydrogen (secondary N) is 2. The molecule has 1 fully saturated rings. The summed E-state index contributed by atoms with van der Waals surface area (Å²) in [7, 11) is -3.67. The van der Waals surface area contributed by atoms with E-state index in [2.05, 4.69) is 10.0 Å². The molecule has 1 saturated heterocycles. The molecule has 3 rings (SSSR count). The number of nitrogens with zero attached hydrogens (tertiary/aromatic N) is 2. The highest BCUT2D eigenvalue weighted by Gasteiger charge is 2.25. The normalized spacial score (nSPS) is 15.2. The van der Waals surface area contributed by atoms with Crippen LogP contribution in [-0.2, 0) is 10.0 Å². The van der Waals surface area contributed by atoms with Crippen molar-refractivity contribution in [1.29, 1.82) is 0 Å². The number of carbonyl (C=O) groups excluding carboxylic acids is 2. The minimum absolute atomic E-state index is 0.106. The van der Waals surface area contributed by atoms with Gasteiger partial charge in [-0.3, -0.25) is 4.79 Å². The summed E-state index contributed by atoms with van der Waals surface area (Å²) >= 11 is 5.88. The van der Waals surface area contributed by atoms with Gasteiger partial charge in [-0.05, 0) is 75.7 Å². The van der Waals surface area contributed by atoms with E-state index in [1.165, 1.54) is 24.3 Å². The number of anilines is 1. The largest absolute Gasteiger partial charge is 0.337 e. The van der Waals surface area contributed by atoms with Crippen molar-refractivity contribution < 1.29 is 18.0 Å². The van der Waals surface area contributed by atoms with E-state index in [9.17, 15) is 18.0 Å². The first kappa shape index (κ1) is 25.0. The van der Waals surface area contributed by atoms with Crippen LogP contribution in [0.15, 0.2) is 53.4 Å². The van der Waals surface area contributed by atoms with E-state index in [0.717, 1.165) is 0 Å². The van der Waals surface area contributed by atoms with Crippen molar-refractivity contribution in [3.63, 3.8) is 0 Å². The van der Waals surface area contributed by atoms with Crippen LogP contribution in [0, 0.1) is 0 Å². The monoisotopic (exact) mass is 492 g/mol. The molecule has 0 spiro atoms. The first-order valence-corrected chi connectivity index (χ1v) is 12.6. The molecule has 1 aliphatic rings. The quantitative estimate of drug-likeness (QED) is 0.678. The zero-order chi connectivity index (χ0) is 24.2. The van der Waals surface area contributed by atoms with Gasteiger partial charge < -0.3 is 15.1 Å². The Balaban J connectivity index is 1.61. The van der Waals surface area contributed by atoms with Gasteiger partial charge in [-0.1, -0.05) is 11.6 Å². The number of rotatable bonds is 4. The van der Waals surface area contributed by atoms with Crippen LogP contribution in [0.1, 0.15) is 37.6 Å². The molecule has 8 nitrogen and oxygen atoms in total. The van der Waals surface area contributed by atoms with Gasteiger partial charge in [0.15, 0.2) is 0 Å². The Kier molecular flexibility index (Phi) is 7.66. The topological polar surface area (TPSA) is 98.8 Å². The second kappa shape index (κ2) is 10.1. The maximum absolute atomic E-state index is 13.0. The summed E-state index contributed by atoms with van der Waals surface area (Å²) in [6.07, 6.45) is 0.641. The summed E-state index contributed by atoms with van der Waals surface area (Å²) in [4.78, 5) is 29.0. The molecule has 178 valence electrons. The van der Waals surface area contributed by atoms with Crippen molar-refractivity contribution in [3.05, 3.63) is 59.1 Å². The van der Waals surface area contributed by atoms with Crippen LogP contribution in [0.25, 0.3) is 0 Å². The molecule has 0 atom stereocenters. The van der Waals surface area contributed by atoms with Gasteiger partial charge in [-0.25, -0.2) is 17.9 Å². The Bertz CT molecular complexity index is 1100. The van der Waals surface area contributed by atoms with Crippen LogP contribution in [0.3, 0.4) is 0 Å². The van der Waals surface area contributed by atoms with Crippen molar-refractivity contribution >= 4 is 39.2 Å². The SMILES string of the molecule is CC(C)(C)NS(=O)(=O)c1ccc(C(=O)N2CCCN(C(=O)Nc3ccc(Cl)cc3)CC2)cc1. The van der Waals surface area contributed by atoms with Gasteiger partial charge in [0, 0.05) is 48.0 Å². The second-order valence-electron chi connectivity index (χ2n) is 8.95. The fraction of sp³-hybridized carbons (Fsp3) is 0.391. The maximum atomic E-state index is 13.0. The van der Waals surface area contributed by atoms with E-state index < -0.39 is 15.6 Å². The Morgan fingerprint density at radius 1 is 0.879 bits per heavy atom. The van der Waals surface area contributed by atoms with Crippen LogP contribution in [0.5, 0.6) is 0 Å². The lowest BCUT2D eigenvalue weighted by Crippen LogP contribution is -2.40. The molecule has 0 radical (unpaired) electrons. The predicted octanol–water partition coefficient (Wildman–Crippen LogP) is 3.80. The standard InChI is InChI=1S/C23H29ClN4O4S/c1-23(2,3)26-33(31,32)20-11-5-17(6-12-20)21(29)27-13-4-14-28(16-15-27)22(30)25-19-9-7-18(24)8-10-19/h5-12,26H,4,13-16H2,1-3H3,(H,25,30). The zero-order valence-electron chi connectivity index (χ0n) is 19.0. The van der Waals surface area contributed by atoms with Crippen LogP contribution in [-0.4, -0.2) is 61.9 Å². The lowest BCUT2D eigenvalue weighted by atomic mass is 10.1. The number of hydrogen-bond donors (Lipinski definition) is 2. The van der Waals surface area contributed by atoms with Crippen molar-refractivity contribution in [1.82, 2.24) is 14.5 Å². The Morgan fingerprint density at radius 3 is 2.06 bits per heavy atom. The average Bonchev–Trinajstić information content (AvgIpc) is 3.00. The lowest BCUT2D eigenvalue weighted by Gasteiger charge is -2.23. The van der Waals surface area contributed by atoms with Gasteiger partial charge in [-0.15, -0.1) is 0 Å². The lowest BCUT2D eigenvalue weighted by molar-refractivity contribution is 0.0762.